The highest BCUT2D eigenvalue weighted by atomic mass is 35.5. The standard InChI is InChI=1S/C20H20ClN5OS/c21-14-3-1-2-13(8-14)17-11-28-20(25-17)15(10-22)19-24-16(9-18(27)26-19)12-4-6-23-7-5-12/h1-3,8-12,23H,4-7,22H2,(H,24,26,27). The minimum Gasteiger partial charge on any atom is -0.404 e. The first-order chi connectivity index (χ1) is 13.6. The van der Waals surface area contributed by atoms with Gasteiger partial charge in [0.25, 0.3) is 5.56 Å². The van der Waals surface area contributed by atoms with Crippen LogP contribution in [-0.2, 0) is 0 Å². The van der Waals surface area contributed by atoms with Crippen LogP contribution in [0.3, 0.4) is 0 Å². The maximum Gasteiger partial charge on any atom is 0.251 e. The van der Waals surface area contributed by atoms with E-state index in [9.17, 15) is 4.79 Å². The van der Waals surface area contributed by atoms with Gasteiger partial charge < -0.3 is 16.0 Å². The van der Waals surface area contributed by atoms with Gasteiger partial charge in [0, 0.05) is 34.2 Å². The van der Waals surface area contributed by atoms with Crippen LogP contribution in [0, 0.1) is 0 Å². The fourth-order valence-electron chi connectivity index (χ4n) is 3.36. The number of piperidine rings is 1. The Balaban J connectivity index is 1.68. The molecule has 1 fully saturated rings. The van der Waals surface area contributed by atoms with Gasteiger partial charge in [-0.05, 0) is 38.1 Å². The normalized spacial score (nSPS) is 15.7. The highest BCUT2D eigenvalue weighted by Gasteiger charge is 2.20. The fraction of sp³-hybridized carbons (Fsp3) is 0.250. The molecule has 0 radical (unpaired) electrons. The lowest BCUT2D eigenvalue weighted by Crippen LogP contribution is -2.28. The van der Waals surface area contributed by atoms with Crippen molar-refractivity contribution in [3.63, 3.8) is 0 Å². The highest BCUT2D eigenvalue weighted by molar-refractivity contribution is 7.11. The largest absolute Gasteiger partial charge is 0.404 e. The van der Waals surface area contributed by atoms with Gasteiger partial charge in [-0.3, -0.25) is 4.79 Å². The number of nitrogens with zero attached hydrogens (tertiary/aromatic N) is 2. The quantitative estimate of drug-likeness (QED) is 0.609. The Hall–Kier alpha value is -2.48. The Morgan fingerprint density at radius 2 is 2.07 bits per heavy atom. The van der Waals surface area contributed by atoms with Gasteiger partial charge in [-0.25, -0.2) is 9.97 Å². The summed E-state index contributed by atoms with van der Waals surface area (Å²) in [6.07, 6.45) is 3.38. The molecule has 4 rings (SSSR count). The highest BCUT2D eigenvalue weighted by Crippen LogP contribution is 2.30. The zero-order valence-electron chi connectivity index (χ0n) is 15.1. The van der Waals surface area contributed by atoms with E-state index < -0.39 is 0 Å². The van der Waals surface area contributed by atoms with E-state index in [2.05, 4.69) is 15.3 Å². The average molecular weight is 414 g/mol. The van der Waals surface area contributed by atoms with Crippen LogP contribution >= 0.6 is 22.9 Å². The molecule has 8 heteroatoms. The first-order valence-corrected chi connectivity index (χ1v) is 10.4. The number of hydrogen-bond acceptors (Lipinski definition) is 6. The number of rotatable bonds is 4. The third-order valence-electron chi connectivity index (χ3n) is 4.80. The Morgan fingerprint density at radius 1 is 1.25 bits per heavy atom. The third-order valence-corrected chi connectivity index (χ3v) is 5.91. The molecule has 1 aromatic carbocycles. The summed E-state index contributed by atoms with van der Waals surface area (Å²) in [7, 11) is 0. The number of aromatic amines is 1. The molecular formula is C20H20ClN5OS. The van der Waals surface area contributed by atoms with Crippen LogP contribution in [0.25, 0.3) is 16.8 Å². The van der Waals surface area contributed by atoms with Crippen molar-refractivity contribution in [1.29, 1.82) is 0 Å². The first-order valence-electron chi connectivity index (χ1n) is 9.10. The van der Waals surface area contributed by atoms with Gasteiger partial charge in [0.1, 0.15) is 10.8 Å². The molecule has 1 aliphatic heterocycles. The second-order valence-corrected chi connectivity index (χ2v) is 7.97. The molecule has 2 aromatic heterocycles. The minimum absolute atomic E-state index is 0.176. The van der Waals surface area contributed by atoms with Gasteiger partial charge in [-0.1, -0.05) is 23.7 Å². The molecule has 6 nitrogen and oxygen atoms in total. The zero-order chi connectivity index (χ0) is 19.5. The van der Waals surface area contributed by atoms with Crippen molar-refractivity contribution >= 4 is 28.5 Å². The van der Waals surface area contributed by atoms with Gasteiger partial charge in [-0.2, -0.15) is 0 Å². The van der Waals surface area contributed by atoms with Gasteiger partial charge in [0.15, 0.2) is 0 Å². The second kappa shape index (κ2) is 8.26. The number of nitrogens with two attached hydrogens (primary N) is 1. The van der Waals surface area contributed by atoms with E-state index in [1.165, 1.54) is 17.5 Å². The lowest BCUT2D eigenvalue weighted by molar-refractivity contribution is 0.452. The summed E-state index contributed by atoms with van der Waals surface area (Å²) in [4.78, 5) is 24.5. The van der Waals surface area contributed by atoms with E-state index in [0.717, 1.165) is 42.9 Å². The van der Waals surface area contributed by atoms with Crippen molar-refractivity contribution in [2.45, 2.75) is 18.8 Å². The van der Waals surface area contributed by atoms with Crippen LogP contribution < -0.4 is 16.6 Å². The lowest BCUT2D eigenvalue weighted by Gasteiger charge is -2.22. The summed E-state index contributed by atoms with van der Waals surface area (Å²) in [5.74, 6) is 0.732. The van der Waals surface area contributed by atoms with Gasteiger partial charge >= 0.3 is 0 Å². The number of aromatic nitrogens is 3. The van der Waals surface area contributed by atoms with Gasteiger partial charge in [0.05, 0.1) is 17.0 Å². The van der Waals surface area contributed by atoms with E-state index in [-0.39, 0.29) is 11.5 Å². The summed E-state index contributed by atoms with van der Waals surface area (Å²) in [6, 6.07) is 9.12. The summed E-state index contributed by atoms with van der Waals surface area (Å²) in [5, 5.41) is 6.63. The molecule has 0 spiro atoms. The number of halogens is 1. The van der Waals surface area contributed by atoms with Crippen molar-refractivity contribution in [3.8, 4) is 11.3 Å². The average Bonchev–Trinajstić information content (AvgIpc) is 3.19. The second-order valence-electron chi connectivity index (χ2n) is 6.67. The number of nitrogens with one attached hydrogen (secondary N) is 2. The van der Waals surface area contributed by atoms with Crippen LogP contribution in [0.4, 0.5) is 0 Å². The van der Waals surface area contributed by atoms with E-state index in [1.807, 2.05) is 29.6 Å². The van der Waals surface area contributed by atoms with Crippen LogP contribution in [0.15, 0.2) is 46.7 Å². The molecule has 0 amide bonds. The molecule has 0 unspecified atom stereocenters. The Morgan fingerprint density at radius 3 is 2.82 bits per heavy atom. The molecule has 144 valence electrons. The number of H-pyrrole nitrogens is 1. The maximum atomic E-state index is 12.3. The van der Waals surface area contributed by atoms with Crippen molar-refractivity contribution in [2.75, 3.05) is 13.1 Å². The first kappa shape index (κ1) is 18.9. The summed E-state index contributed by atoms with van der Waals surface area (Å²) in [6.45, 7) is 1.87. The molecule has 3 aromatic rings. The topological polar surface area (TPSA) is 96.7 Å². The van der Waals surface area contributed by atoms with Crippen LogP contribution in [0.5, 0.6) is 0 Å². The lowest BCUT2D eigenvalue weighted by atomic mass is 9.94. The third kappa shape index (κ3) is 4.01. The number of thiazole rings is 1. The minimum atomic E-state index is -0.176. The van der Waals surface area contributed by atoms with Crippen LogP contribution in [-0.4, -0.2) is 28.0 Å². The van der Waals surface area contributed by atoms with Gasteiger partial charge in [0.2, 0.25) is 0 Å². The van der Waals surface area contributed by atoms with Crippen molar-refractivity contribution in [3.05, 3.63) is 73.8 Å². The molecule has 0 atom stereocenters. The van der Waals surface area contributed by atoms with E-state index >= 15 is 0 Å². The Labute approximate surface area is 171 Å². The molecule has 4 N–H and O–H groups in total. The SMILES string of the molecule is NC=C(c1nc(C2CCNCC2)cc(=O)[nH]1)c1nc(-c2cccc(Cl)c2)cs1. The molecule has 3 heterocycles. The molecule has 1 saturated heterocycles. The van der Waals surface area contributed by atoms with Crippen molar-refractivity contribution in [1.82, 2.24) is 20.3 Å². The molecule has 28 heavy (non-hydrogen) atoms. The predicted molar refractivity (Wildman–Crippen MR) is 114 cm³/mol. The molecule has 0 aliphatic carbocycles. The molecule has 1 aliphatic rings. The molecule has 0 bridgehead atoms. The summed E-state index contributed by atoms with van der Waals surface area (Å²) >= 11 is 7.54. The zero-order valence-corrected chi connectivity index (χ0v) is 16.7. The smallest absolute Gasteiger partial charge is 0.251 e. The summed E-state index contributed by atoms with van der Waals surface area (Å²) < 4.78 is 0. The summed E-state index contributed by atoms with van der Waals surface area (Å²) in [5.41, 5.74) is 8.88. The van der Waals surface area contributed by atoms with Gasteiger partial charge in [-0.15, -0.1) is 11.3 Å². The Kier molecular flexibility index (Phi) is 5.57. The Bertz CT molecular complexity index is 1070. The number of benzene rings is 1. The predicted octanol–water partition coefficient (Wildman–Crippen LogP) is 3.36. The maximum absolute atomic E-state index is 12.3. The fourth-order valence-corrected chi connectivity index (χ4v) is 4.41. The van der Waals surface area contributed by atoms with E-state index in [0.29, 0.717) is 21.4 Å². The number of hydrogen-bond donors (Lipinski definition) is 3. The molecular weight excluding hydrogens is 394 g/mol. The van der Waals surface area contributed by atoms with Crippen LogP contribution in [0.1, 0.15) is 35.3 Å². The molecule has 0 saturated carbocycles. The van der Waals surface area contributed by atoms with E-state index in [1.54, 1.807) is 6.07 Å². The van der Waals surface area contributed by atoms with Crippen molar-refractivity contribution < 1.29 is 0 Å². The van der Waals surface area contributed by atoms with E-state index in [4.69, 9.17) is 22.3 Å². The monoisotopic (exact) mass is 413 g/mol. The van der Waals surface area contributed by atoms with Crippen molar-refractivity contribution in [2.24, 2.45) is 5.73 Å². The van der Waals surface area contributed by atoms with Crippen LogP contribution in [0.2, 0.25) is 5.02 Å².